The van der Waals surface area contributed by atoms with E-state index in [1.54, 1.807) is 14.2 Å². The van der Waals surface area contributed by atoms with Crippen molar-refractivity contribution in [1.29, 1.82) is 0 Å². The molecule has 1 aliphatic rings. The Kier molecular flexibility index (Phi) is 5.63. The van der Waals surface area contributed by atoms with Gasteiger partial charge in [0, 0.05) is 36.3 Å². The fourth-order valence-corrected chi connectivity index (χ4v) is 4.00. The first-order valence-corrected chi connectivity index (χ1v) is 9.13. The molecule has 3 rings (SSSR count). The summed E-state index contributed by atoms with van der Waals surface area (Å²) in [5.74, 6) is 0.738. The molecule has 0 bridgehead atoms. The Balaban J connectivity index is 2.07. The van der Waals surface area contributed by atoms with Crippen molar-refractivity contribution in [3.05, 3.63) is 29.5 Å². The van der Waals surface area contributed by atoms with E-state index in [9.17, 15) is 4.79 Å². The predicted octanol–water partition coefficient (Wildman–Crippen LogP) is 3.84. The van der Waals surface area contributed by atoms with Gasteiger partial charge in [0.05, 0.1) is 19.3 Å². The molecule has 5 heteroatoms. The Hall–Kier alpha value is -2.01. The molecule has 1 aliphatic carbocycles. The van der Waals surface area contributed by atoms with E-state index in [-0.39, 0.29) is 5.91 Å². The van der Waals surface area contributed by atoms with E-state index in [1.165, 1.54) is 32.1 Å². The molecule has 0 unspecified atom stereocenters. The first-order chi connectivity index (χ1) is 12.2. The largest absolute Gasteiger partial charge is 0.497 e. The quantitative estimate of drug-likeness (QED) is 0.810. The van der Waals surface area contributed by atoms with Crippen molar-refractivity contribution in [3.8, 4) is 5.75 Å². The van der Waals surface area contributed by atoms with Gasteiger partial charge in [0.2, 0.25) is 0 Å². The average molecular weight is 344 g/mol. The van der Waals surface area contributed by atoms with Crippen LogP contribution in [0.3, 0.4) is 0 Å². The van der Waals surface area contributed by atoms with E-state index in [2.05, 4.69) is 22.9 Å². The summed E-state index contributed by atoms with van der Waals surface area (Å²) in [4.78, 5) is 12.8. The second-order valence-corrected chi connectivity index (χ2v) is 6.75. The Morgan fingerprint density at radius 2 is 2.00 bits per heavy atom. The lowest BCUT2D eigenvalue weighted by atomic mass is 9.95. The second kappa shape index (κ2) is 7.91. The minimum absolute atomic E-state index is 0.0395. The lowest BCUT2D eigenvalue weighted by Crippen LogP contribution is -2.27. The second-order valence-electron chi connectivity index (χ2n) is 6.75. The smallest absolute Gasteiger partial charge is 0.253 e. The summed E-state index contributed by atoms with van der Waals surface area (Å²) in [5.41, 5.74) is 2.93. The Bertz CT molecular complexity index is 745. The molecule has 136 valence electrons. The molecule has 1 aromatic heterocycles. The monoisotopic (exact) mass is 344 g/mol. The molecule has 0 atom stereocenters. The van der Waals surface area contributed by atoms with Gasteiger partial charge in [0.25, 0.3) is 5.91 Å². The standard InChI is InChI=1S/C20H28N2O3/c1-14-19(20(23)21-11-12-24-2)17-13-16(25-3)9-10-18(17)22(14)15-7-5-4-6-8-15/h9-10,13,15H,4-8,11-12H2,1-3H3,(H,21,23). The zero-order chi connectivity index (χ0) is 17.8. The molecule has 5 nitrogen and oxygen atoms in total. The van der Waals surface area contributed by atoms with Gasteiger partial charge in [-0.25, -0.2) is 0 Å². The molecule has 0 radical (unpaired) electrons. The van der Waals surface area contributed by atoms with Crippen molar-refractivity contribution < 1.29 is 14.3 Å². The SMILES string of the molecule is COCCNC(=O)c1c(C)n(C2CCCCC2)c2ccc(OC)cc12. The number of carbonyl (C=O) groups excluding carboxylic acids is 1. The normalized spacial score (nSPS) is 15.5. The van der Waals surface area contributed by atoms with Crippen LogP contribution in [0.1, 0.15) is 54.2 Å². The first kappa shape index (κ1) is 17.8. The highest BCUT2D eigenvalue weighted by Crippen LogP contribution is 2.37. The number of rotatable bonds is 6. The Labute approximate surface area is 149 Å². The van der Waals surface area contributed by atoms with Crippen LogP contribution in [0.15, 0.2) is 18.2 Å². The topological polar surface area (TPSA) is 52.5 Å². The number of carbonyl (C=O) groups is 1. The van der Waals surface area contributed by atoms with E-state index in [0.29, 0.717) is 19.2 Å². The van der Waals surface area contributed by atoms with Gasteiger partial charge in [-0.15, -0.1) is 0 Å². The molecule has 0 saturated heterocycles. The number of methoxy groups -OCH3 is 2. The first-order valence-electron chi connectivity index (χ1n) is 9.13. The van der Waals surface area contributed by atoms with E-state index >= 15 is 0 Å². The van der Waals surface area contributed by atoms with E-state index in [1.807, 2.05) is 12.1 Å². The fourth-order valence-electron chi connectivity index (χ4n) is 4.00. The van der Waals surface area contributed by atoms with Gasteiger partial charge in [0.1, 0.15) is 5.75 Å². The van der Waals surface area contributed by atoms with Crippen molar-refractivity contribution in [2.75, 3.05) is 27.4 Å². The Morgan fingerprint density at radius 1 is 1.24 bits per heavy atom. The highest BCUT2D eigenvalue weighted by Gasteiger charge is 2.25. The maximum atomic E-state index is 12.8. The van der Waals surface area contributed by atoms with Crippen LogP contribution in [0, 0.1) is 6.92 Å². The van der Waals surface area contributed by atoms with Gasteiger partial charge < -0.3 is 19.4 Å². The predicted molar refractivity (Wildman–Crippen MR) is 99.6 cm³/mol. The summed E-state index contributed by atoms with van der Waals surface area (Å²) in [6, 6.07) is 6.52. The van der Waals surface area contributed by atoms with E-state index in [0.717, 1.165) is 27.9 Å². The Morgan fingerprint density at radius 3 is 2.68 bits per heavy atom. The van der Waals surface area contributed by atoms with Gasteiger partial charge in [-0.1, -0.05) is 19.3 Å². The highest BCUT2D eigenvalue weighted by molar-refractivity contribution is 6.08. The van der Waals surface area contributed by atoms with Crippen LogP contribution < -0.4 is 10.1 Å². The van der Waals surface area contributed by atoms with Crippen LogP contribution in [-0.2, 0) is 4.74 Å². The zero-order valence-corrected chi connectivity index (χ0v) is 15.4. The minimum atomic E-state index is -0.0395. The van der Waals surface area contributed by atoms with Crippen LogP contribution in [0.5, 0.6) is 5.75 Å². The van der Waals surface area contributed by atoms with Crippen LogP contribution >= 0.6 is 0 Å². The lowest BCUT2D eigenvalue weighted by molar-refractivity contribution is 0.0937. The van der Waals surface area contributed by atoms with E-state index in [4.69, 9.17) is 9.47 Å². The third-order valence-electron chi connectivity index (χ3n) is 5.21. The molecule has 1 fully saturated rings. The third-order valence-corrected chi connectivity index (χ3v) is 5.21. The van der Waals surface area contributed by atoms with Gasteiger partial charge >= 0.3 is 0 Å². The van der Waals surface area contributed by atoms with Crippen molar-refractivity contribution in [2.45, 2.75) is 45.1 Å². The molecule has 0 spiro atoms. The number of aromatic nitrogens is 1. The molecule has 1 N–H and O–H groups in total. The molecule has 1 amide bonds. The van der Waals surface area contributed by atoms with E-state index < -0.39 is 0 Å². The maximum absolute atomic E-state index is 12.8. The van der Waals surface area contributed by atoms with Gasteiger partial charge in [-0.05, 0) is 38.0 Å². The summed E-state index contributed by atoms with van der Waals surface area (Å²) in [6.45, 7) is 3.08. The van der Waals surface area contributed by atoms with Crippen molar-refractivity contribution >= 4 is 16.8 Å². The zero-order valence-electron chi connectivity index (χ0n) is 15.4. The number of ether oxygens (including phenoxy) is 2. The fraction of sp³-hybridized carbons (Fsp3) is 0.550. The molecule has 1 aromatic carbocycles. The minimum Gasteiger partial charge on any atom is -0.497 e. The van der Waals surface area contributed by atoms with Gasteiger partial charge in [-0.3, -0.25) is 4.79 Å². The molecule has 0 aliphatic heterocycles. The van der Waals surface area contributed by atoms with Crippen LogP contribution in [-0.4, -0.2) is 37.8 Å². The van der Waals surface area contributed by atoms with Gasteiger partial charge in [-0.2, -0.15) is 0 Å². The van der Waals surface area contributed by atoms with Crippen LogP contribution in [0.4, 0.5) is 0 Å². The van der Waals surface area contributed by atoms with Crippen LogP contribution in [0.25, 0.3) is 10.9 Å². The lowest BCUT2D eigenvalue weighted by Gasteiger charge is -2.26. The summed E-state index contributed by atoms with van der Waals surface area (Å²) in [5, 5.41) is 3.94. The van der Waals surface area contributed by atoms with Crippen molar-refractivity contribution in [2.24, 2.45) is 0 Å². The third kappa shape index (κ3) is 3.52. The summed E-state index contributed by atoms with van der Waals surface area (Å²) in [6.07, 6.45) is 6.19. The van der Waals surface area contributed by atoms with Crippen molar-refractivity contribution in [1.82, 2.24) is 9.88 Å². The number of nitrogens with one attached hydrogen (secondary N) is 1. The number of hydrogen-bond acceptors (Lipinski definition) is 3. The van der Waals surface area contributed by atoms with Gasteiger partial charge in [0.15, 0.2) is 0 Å². The average Bonchev–Trinajstić information content (AvgIpc) is 2.93. The number of nitrogens with zero attached hydrogens (tertiary/aromatic N) is 1. The van der Waals surface area contributed by atoms with Crippen LogP contribution in [0.2, 0.25) is 0 Å². The molecular weight excluding hydrogens is 316 g/mol. The summed E-state index contributed by atoms with van der Waals surface area (Å²) in [7, 11) is 3.29. The van der Waals surface area contributed by atoms with Crippen molar-refractivity contribution in [3.63, 3.8) is 0 Å². The molecule has 1 saturated carbocycles. The number of hydrogen-bond donors (Lipinski definition) is 1. The molecule has 1 heterocycles. The summed E-state index contributed by atoms with van der Waals surface area (Å²) >= 11 is 0. The number of amides is 1. The summed E-state index contributed by atoms with van der Waals surface area (Å²) < 4.78 is 12.8. The maximum Gasteiger partial charge on any atom is 0.253 e. The molecule has 2 aromatic rings. The highest BCUT2D eigenvalue weighted by atomic mass is 16.5. The number of fused-ring (bicyclic) bond motifs is 1. The molecule has 25 heavy (non-hydrogen) atoms. The molecular formula is C20H28N2O3. The number of benzene rings is 1.